The van der Waals surface area contributed by atoms with Gasteiger partial charge >= 0.3 is 11.9 Å². The van der Waals surface area contributed by atoms with Crippen LogP contribution < -0.4 is 5.32 Å². The van der Waals surface area contributed by atoms with Gasteiger partial charge in [-0.15, -0.1) is 0 Å². The summed E-state index contributed by atoms with van der Waals surface area (Å²) in [5.74, 6) is 0.839. The molecule has 1 aromatic heterocycles. The SMILES string of the molecule is CC1(C)O[C@H]2[C@@]3(CCC4(CCCC4)C3)C(=O)OC[C@@]23[C@@H]1C(=O)[C@@H](O)[C@]1([C@H]2CCC[C@@H](Cc4ccccc4)C2)[C@@H]3CC[C@@]2(C)[C@H](c3ccoc3C[C@@H]3[C@H]4C[C@H]5C=CN6CNC[C@H]6[C@@H]5C[C@@H]4CC[C@H]3O)OC(=O)[C@H]3O[C@@]312. The number of benzene rings is 1. The van der Waals surface area contributed by atoms with Crippen LogP contribution in [0.25, 0.3) is 0 Å². The first-order chi connectivity index (χ1) is 35.7. The summed E-state index contributed by atoms with van der Waals surface area (Å²) in [5.41, 5.74) is -4.06. The summed E-state index contributed by atoms with van der Waals surface area (Å²) in [6.45, 7) is 8.26. The number of esters is 2. The van der Waals surface area contributed by atoms with Gasteiger partial charge in [-0.1, -0.05) is 69.0 Å². The van der Waals surface area contributed by atoms with Crippen molar-refractivity contribution in [1.82, 2.24) is 10.2 Å². The number of ether oxygens (including phenoxy) is 4. The fourth-order valence-electron chi connectivity index (χ4n) is 22.2. The van der Waals surface area contributed by atoms with Crippen LogP contribution in [-0.4, -0.2) is 94.3 Å². The average Bonchev–Trinajstić information content (AvgIpc) is 3.97. The van der Waals surface area contributed by atoms with Crippen molar-refractivity contribution < 1.29 is 48.0 Å². The first-order valence-corrected chi connectivity index (χ1v) is 29.6. The number of hydrogen-bond acceptors (Lipinski definition) is 12. The number of furan rings is 1. The second kappa shape index (κ2) is 16.3. The molecule has 0 unspecified atom stereocenters. The number of carbonyl (C=O) groups is 3. The lowest BCUT2D eigenvalue weighted by atomic mass is 9.32. The lowest BCUT2D eigenvalue weighted by Crippen LogP contribution is -2.80. The molecule has 4 spiro atoms. The van der Waals surface area contributed by atoms with Crippen molar-refractivity contribution >= 4 is 17.7 Å². The highest BCUT2D eigenvalue weighted by atomic mass is 16.7. The molecule has 7 heterocycles. The number of hydrogen-bond donors (Lipinski definition) is 3. The number of nitrogens with one attached hydrogen (secondary N) is 1. The molecule has 13 aliphatic rings. The summed E-state index contributed by atoms with van der Waals surface area (Å²) in [4.78, 5) is 48.8. The molecule has 3 N–H and O–H groups in total. The Labute approximate surface area is 436 Å². The molecule has 20 atom stereocenters. The third-order valence-electron chi connectivity index (χ3n) is 24.8. The maximum atomic E-state index is 16.3. The molecular weight excluding hydrogens is 933 g/mol. The minimum Gasteiger partial charge on any atom is -0.469 e. The second-order valence-corrected chi connectivity index (χ2v) is 28.0. The van der Waals surface area contributed by atoms with E-state index in [0.717, 1.165) is 108 Å². The summed E-state index contributed by atoms with van der Waals surface area (Å²) in [6.07, 6.45) is 19.2. The monoisotopic (exact) mass is 1010 g/mol. The smallest absolute Gasteiger partial charge is 0.339 e. The van der Waals surface area contributed by atoms with Crippen LogP contribution in [0.4, 0.5) is 0 Å². The van der Waals surface area contributed by atoms with Gasteiger partial charge in [0.1, 0.15) is 30.2 Å². The van der Waals surface area contributed by atoms with Crippen molar-refractivity contribution in [3.8, 4) is 0 Å². The van der Waals surface area contributed by atoms with E-state index in [1.807, 2.05) is 19.9 Å². The van der Waals surface area contributed by atoms with Gasteiger partial charge in [-0.25, -0.2) is 4.79 Å². The summed E-state index contributed by atoms with van der Waals surface area (Å²) in [5, 5.41) is 29.5. The maximum Gasteiger partial charge on any atom is 0.339 e. The van der Waals surface area contributed by atoms with Gasteiger partial charge in [0.15, 0.2) is 11.9 Å². The molecule has 0 radical (unpaired) electrons. The zero-order chi connectivity index (χ0) is 50.4. The van der Waals surface area contributed by atoms with E-state index in [0.29, 0.717) is 61.8 Å². The molecule has 6 aliphatic heterocycles. The summed E-state index contributed by atoms with van der Waals surface area (Å²) < 4.78 is 34.9. The Morgan fingerprint density at radius 1 is 0.824 bits per heavy atom. The van der Waals surface area contributed by atoms with Crippen molar-refractivity contribution in [1.29, 1.82) is 0 Å². The highest BCUT2D eigenvalue weighted by molar-refractivity contribution is 5.93. The molecule has 7 aliphatic carbocycles. The number of epoxide rings is 1. The van der Waals surface area contributed by atoms with Crippen LogP contribution >= 0.6 is 0 Å². The first kappa shape index (κ1) is 47.6. The van der Waals surface area contributed by atoms with Crippen LogP contribution in [0.3, 0.4) is 0 Å². The zero-order valence-corrected chi connectivity index (χ0v) is 44.0. The summed E-state index contributed by atoms with van der Waals surface area (Å²) in [7, 11) is 0. The Balaban J connectivity index is 0.845. The Bertz CT molecular complexity index is 2640. The van der Waals surface area contributed by atoms with Crippen LogP contribution in [0, 0.1) is 80.3 Å². The number of rotatable bonds is 6. The molecule has 15 rings (SSSR count). The Hall–Kier alpha value is -3.55. The van der Waals surface area contributed by atoms with Crippen molar-refractivity contribution in [2.24, 2.45) is 80.3 Å². The Morgan fingerprint density at radius 2 is 1.66 bits per heavy atom. The van der Waals surface area contributed by atoms with Gasteiger partial charge < -0.3 is 38.5 Å². The van der Waals surface area contributed by atoms with E-state index in [1.54, 1.807) is 6.26 Å². The first-order valence-electron chi connectivity index (χ1n) is 29.6. The zero-order valence-electron chi connectivity index (χ0n) is 44.0. The van der Waals surface area contributed by atoms with Gasteiger partial charge in [0.05, 0.1) is 42.1 Å². The van der Waals surface area contributed by atoms with E-state index in [4.69, 9.17) is 23.4 Å². The number of fused-ring (bicyclic) bond motifs is 6. The highest BCUT2D eigenvalue weighted by Crippen LogP contribution is 2.84. The molecule has 398 valence electrons. The number of nitrogens with zero attached hydrogens (tertiary/aromatic N) is 1. The second-order valence-electron chi connectivity index (χ2n) is 28.0. The molecule has 5 saturated heterocycles. The number of ketones is 1. The number of aliphatic hydroxyl groups excluding tert-OH is 2. The van der Waals surface area contributed by atoms with Crippen molar-refractivity contribution in [3.63, 3.8) is 0 Å². The maximum absolute atomic E-state index is 16.3. The van der Waals surface area contributed by atoms with E-state index < -0.39 is 75.3 Å². The predicted molar refractivity (Wildman–Crippen MR) is 271 cm³/mol. The van der Waals surface area contributed by atoms with Crippen LogP contribution in [-0.2, 0) is 46.2 Å². The lowest BCUT2D eigenvalue weighted by molar-refractivity contribution is -0.286. The molecule has 7 saturated carbocycles. The minimum absolute atomic E-state index is 0.0126. The van der Waals surface area contributed by atoms with Gasteiger partial charge in [0, 0.05) is 40.8 Å². The van der Waals surface area contributed by atoms with Gasteiger partial charge in [-0.2, -0.15) is 0 Å². The van der Waals surface area contributed by atoms with Gasteiger partial charge in [0.2, 0.25) is 0 Å². The van der Waals surface area contributed by atoms with E-state index in [1.165, 1.54) is 12.0 Å². The summed E-state index contributed by atoms with van der Waals surface area (Å²) in [6, 6.07) is 13.2. The quantitative estimate of drug-likeness (QED) is 0.187. The third-order valence-corrected chi connectivity index (χ3v) is 24.8. The number of carbonyl (C=O) groups excluding carboxylic acids is 3. The standard InChI is InChI=1S/C62H80N2O10/c1-56(2)49-48(66)50(67)61(39-13-9-12-36(27-39)26-35-10-5-4-6-11-35)47(60(49)33-71-55(69)59(54(60)74-56)23-22-58(32-59)19-7-8-20-58)16-21-57(3)51(72-53(68)52-62(57,61)73-52)40-18-25-70-46(40)30-43-41-28-38-17-24-64-34-63-31-44(64)42(38)29-37(41)14-15-45(43)65/h4-6,10-11,17-18,24-25,36-39,41-45,47,49-52,54,63,65,67H,7-9,12-16,19-23,26-34H2,1-3H3/t36-,37-,38+,39-,41-,42+,43+,44-,45+,47+,49+,50+,51-,52+,54-,57-,59-,60+,61-,62+/m0/s1. The molecule has 0 amide bonds. The highest BCUT2D eigenvalue weighted by Gasteiger charge is 2.94. The largest absolute Gasteiger partial charge is 0.469 e. The van der Waals surface area contributed by atoms with Gasteiger partial charge in [0.25, 0.3) is 0 Å². The molecule has 1 aromatic carbocycles. The fraction of sp³-hybridized carbons (Fsp3) is 0.758. The molecular formula is C62H80N2O10. The molecule has 12 heteroatoms. The molecule has 12 fully saturated rings. The third kappa shape index (κ3) is 6.07. The normalized spacial score (nSPS) is 49.9. The van der Waals surface area contributed by atoms with Crippen molar-refractivity contribution in [2.75, 3.05) is 19.8 Å². The van der Waals surface area contributed by atoms with Crippen LogP contribution in [0.1, 0.15) is 153 Å². The Kier molecular flexibility index (Phi) is 10.5. The van der Waals surface area contributed by atoms with E-state index >= 15 is 9.59 Å². The number of Topliss-reactive ketones (excluding diaryl/α,β-unsaturated/α-hetero) is 1. The molecule has 2 aromatic rings. The van der Waals surface area contributed by atoms with Crippen LogP contribution in [0.5, 0.6) is 0 Å². The molecule has 12 nitrogen and oxygen atoms in total. The van der Waals surface area contributed by atoms with E-state index in [9.17, 15) is 15.0 Å². The number of aliphatic hydroxyl groups is 2. The molecule has 0 bridgehead atoms. The van der Waals surface area contributed by atoms with Crippen LogP contribution in [0.15, 0.2) is 59.4 Å². The summed E-state index contributed by atoms with van der Waals surface area (Å²) >= 11 is 0. The van der Waals surface area contributed by atoms with Crippen molar-refractivity contribution in [2.45, 2.75) is 191 Å². The minimum atomic E-state index is -1.45. The van der Waals surface area contributed by atoms with Crippen LogP contribution in [0.2, 0.25) is 0 Å². The van der Waals surface area contributed by atoms with Gasteiger partial charge in [-0.05, 0) is 174 Å². The van der Waals surface area contributed by atoms with E-state index in [-0.39, 0.29) is 47.4 Å². The lowest BCUT2D eigenvalue weighted by Gasteiger charge is -2.70. The topological polar surface area (TPSA) is 160 Å². The van der Waals surface area contributed by atoms with Crippen molar-refractivity contribution in [3.05, 3.63) is 71.8 Å². The van der Waals surface area contributed by atoms with Gasteiger partial charge in [-0.3, -0.25) is 14.9 Å². The predicted octanol–water partition coefficient (Wildman–Crippen LogP) is 8.81. The Morgan fingerprint density at radius 3 is 2.50 bits per heavy atom. The molecule has 74 heavy (non-hydrogen) atoms. The van der Waals surface area contributed by atoms with E-state index in [2.05, 4.69) is 59.7 Å². The fourth-order valence-corrected chi connectivity index (χ4v) is 22.2. The average molecular weight is 1010 g/mol. The number of cyclic esters (lactones) is 2. The number of allylic oxidation sites excluding steroid dienone is 1.